The van der Waals surface area contributed by atoms with Crippen molar-refractivity contribution in [2.75, 3.05) is 18.4 Å². The molecule has 0 aliphatic rings. The van der Waals surface area contributed by atoms with Crippen LogP contribution in [0.3, 0.4) is 0 Å². The van der Waals surface area contributed by atoms with Gasteiger partial charge >= 0.3 is 0 Å². The Hall–Kier alpha value is -1.74. The number of nitrogens with zero attached hydrogens (tertiary/aromatic N) is 1. The van der Waals surface area contributed by atoms with Crippen LogP contribution in [0.5, 0.6) is 0 Å². The molecule has 0 aliphatic carbocycles. The molecular formula is C16H22N2O. The molecular weight excluding hydrogens is 236 g/mol. The van der Waals surface area contributed by atoms with Gasteiger partial charge < -0.3 is 9.73 Å². The van der Waals surface area contributed by atoms with Crippen LogP contribution in [0.25, 0.3) is 0 Å². The lowest BCUT2D eigenvalue weighted by Crippen LogP contribution is -2.22. The van der Waals surface area contributed by atoms with Gasteiger partial charge in [0.1, 0.15) is 5.76 Å². The normalized spacial score (nSPS) is 10.9. The summed E-state index contributed by atoms with van der Waals surface area (Å²) >= 11 is 0. The summed E-state index contributed by atoms with van der Waals surface area (Å²) in [6.07, 6.45) is 1.71. The first-order valence-electron chi connectivity index (χ1n) is 6.90. The highest BCUT2D eigenvalue weighted by Crippen LogP contribution is 2.18. The van der Waals surface area contributed by atoms with E-state index in [9.17, 15) is 0 Å². The molecule has 0 amide bonds. The maximum atomic E-state index is 5.35. The Labute approximate surface area is 115 Å². The summed E-state index contributed by atoms with van der Waals surface area (Å²) in [5.74, 6) is 0.956. The molecule has 0 radical (unpaired) electrons. The molecule has 3 nitrogen and oxygen atoms in total. The van der Waals surface area contributed by atoms with E-state index >= 15 is 0 Å². The SMILES string of the molecule is CCN(CC)Cc1ccccc1NCc1ccco1. The standard InChI is InChI=1S/C16H22N2O/c1-3-18(4-2)13-14-8-5-6-10-16(14)17-12-15-9-7-11-19-15/h5-11,17H,3-4,12-13H2,1-2H3. The quantitative estimate of drug-likeness (QED) is 0.820. The van der Waals surface area contributed by atoms with Crippen LogP contribution in [0.2, 0.25) is 0 Å². The van der Waals surface area contributed by atoms with Crippen molar-refractivity contribution in [3.05, 3.63) is 54.0 Å². The molecule has 0 saturated heterocycles. The zero-order valence-electron chi connectivity index (χ0n) is 11.7. The van der Waals surface area contributed by atoms with Crippen molar-refractivity contribution in [2.24, 2.45) is 0 Å². The molecule has 0 spiro atoms. The molecule has 0 fully saturated rings. The smallest absolute Gasteiger partial charge is 0.122 e. The number of hydrogen-bond acceptors (Lipinski definition) is 3. The van der Waals surface area contributed by atoms with Crippen molar-refractivity contribution in [1.82, 2.24) is 4.90 Å². The van der Waals surface area contributed by atoms with Crippen molar-refractivity contribution >= 4 is 5.69 Å². The monoisotopic (exact) mass is 258 g/mol. The second kappa shape index (κ2) is 7.00. The molecule has 1 aromatic carbocycles. The van der Waals surface area contributed by atoms with Crippen molar-refractivity contribution in [3.63, 3.8) is 0 Å². The highest BCUT2D eigenvalue weighted by atomic mass is 16.3. The van der Waals surface area contributed by atoms with Crippen molar-refractivity contribution in [2.45, 2.75) is 26.9 Å². The highest BCUT2D eigenvalue weighted by Gasteiger charge is 2.06. The first-order valence-corrected chi connectivity index (χ1v) is 6.90. The van der Waals surface area contributed by atoms with Crippen LogP contribution in [0.1, 0.15) is 25.2 Å². The predicted octanol–water partition coefficient (Wildman–Crippen LogP) is 3.73. The summed E-state index contributed by atoms with van der Waals surface area (Å²) in [6.45, 7) is 8.24. The Balaban J connectivity index is 2.03. The third-order valence-corrected chi connectivity index (χ3v) is 3.34. The van der Waals surface area contributed by atoms with Gasteiger partial charge in [-0.25, -0.2) is 0 Å². The van der Waals surface area contributed by atoms with Gasteiger partial charge in [-0.1, -0.05) is 32.0 Å². The Bertz CT molecular complexity index is 475. The van der Waals surface area contributed by atoms with E-state index in [1.165, 1.54) is 11.3 Å². The van der Waals surface area contributed by atoms with Crippen LogP contribution >= 0.6 is 0 Å². The number of benzene rings is 1. The largest absolute Gasteiger partial charge is 0.467 e. The predicted molar refractivity (Wildman–Crippen MR) is 79.1 cm³/mol. The third-order valence-electron chi connectivity index (χ3n) is 3.34. The molecule has 3 heteroatoms. The van der Waals surface area contributed by atoms with Gasteiger partial charge in [-0.2, -0.15) is 0 Å². The Morgan fingerprint density at radius 2 is 1.84 bits per heavy atom. The zero-order chi connectivity index (χ0) is 13.5. The molecule has 2 aromatic rings. The van der Waals surface area contributed by atoms with Crippen LogP contribution < -0.4 is 5.32 Å². The second-order valence-corrected chi connectivity index (χ2v) is 4.55. The van der Waals surface area contributed by atoms with Gasteiger partial charge in [0.2, 0.25) is 0 Å². The Morgan fingerprint density at radius 3 is 2.53 bits per heavy atom. The summed E-state index contributed by atoms with van der Waals surface area (Å²) in [6, 6.07) is 12.4. The van der Waals surface area contributed by atoms with Crippen LogP contribution in [0.15, 0.2) is 47.1 Å². The molecule has 1 aromatic heterocycles. The van der Waals surface area contributed by atoms with E-state index in [0.29, 0.717) is 0 Å². The molecule has 19 heavy (non-hydrogen) atoms. The molecule has 1 heterocycles. The van der Waals surface area contributed by atoms with Crippen LogP contribution in [0.4, 0.5) is 5.69 Å². The average molecular weight is 258 g/mol. The first kappa shape index (κ1) is 13.7. The van der Waals surface area contributed by atoms with E-state index in [4.69, 9.17) is 4.42 Å². The van der Waals surface area contributed by atoms with E-state index < -0.39 is 0 Å². The Kier molecular flexibility index (Phi) is 5.04. The maximum Gasteiger partial charge on any atom is 0.122 e. The minimum atomic E-state index is 0.724. The number of furan rings is 1. The van der Waals surface area contributed by atoms with E-state index in [2.05, 4.69) is 48.3 Å². The molecule has 0 aliphatic heterocycles. The number of hydrogen-bond donors (Lipinski definition) is 1. The fourth-order valence-corrected chi connectivity index (χ4v) is 2.11. The van der Waals surface area contributed by atoms with E-state index in [0.717, 1.165) is 31.9 Å². The third kappa shape index (κ3) is 3.86. The second-order valence-electron chi connectivity index (χ2n) is 4.55. The molecule has 2 rings (SSSR count). The molecule has 0 atom stereocenters. The van der Waals surface area contributed by atoms with Crippen LogP contribution in [-0.4, -0.2) is 18.0 Å². The molecule has 0 unspecified atom stereocenters. The summed E-state index contributed by atoms with van der Waals surface area (Å²) in [5, 5.41) is 3.45. The number of rotatable bonds is 7. The van der Waals surface area contributed by atoms with Crippen molar-refractivity contribution < 1.29 is 4.42 Å². The lowest BCUT2D eigenvalue weighted by molar-refractivity contribution is 0.296. The first-order chi connectivity index (χ1) is 9.33. The van der Waals surface area contributed by atoms with Gasteiger partial charge in [-0.05, 0) is 36.9 Å². The molecule has 102 valence electrons. The van der Waals surface area contributed by atoms with Gasteiger partial charge in [-0.15, -0.1) is 0 Å². The fourth-order valence-electron chi connectivity index (χ4n) is 2.11. The van der Waals surface area contributed by atoms with Gasteiger partial charge in [0, 0.05) is 12.2 Å². The van der Waals surface area contributed by atoms with Gasteiger partial charge in [-0.3, -0.25) is 4.90 Å². The minimum Gasteiger partial charge on any atom is -0.467 e. The lowest BCUT2D eigenvalue weighted by Gasteiger charge is -2.20. The molecule has 0 bridgehead atoms. The van der Waals surface area contributed by atoms with Crippen LogP contribution in [-0.2, 0) is 13.1 Å². The number of anilines is 1. The lowest BCUT2D eigenvalue weighted by atomic mass is 10.1. The molecule has 1 N–H and O–H groups in total. The maximum absolute atomic E-state index is 5.35. The van der Waals surface area contributed by atoms with E-state index in [1.807, 2.05) is 12.1 Å². The van der Waals surface area contributed by atoms with Gasteiger partial charge in [0.15, 0.2) is 0 Å². The van der Waals surface area contributed by atoms with Gasteiger partial charge in [0.05, 0.1) is 12.8 Å². The van der Waals surface area contributed by atoms with Crippen molar-refractivity contribution in [3.8, 4) is 0 Å². The number of para-hydroxylation sites is 1. The minimum absolute atomic E-state index is 0.724. The summed E-state index contributed by atoms with van der Waals surface area (Å²) < 4.78 is 5.35. The summed E-state index contributed by atoms with van der Waals surface area (Å²) in [7, 11) is 0. The van der Waals surface area contributed by atoms with Crippen LogP contribution in [0, 0.1) is 0 Å². The Morgan fingerprint density at radius 1 is 1.05 bits per heavy atom. The summed E-state index contributed by atoms with van der Waals surface area (Å²) in [4.78, 5) is 2.41. The average Bonchev–Trinajstić information content (AvgIpc) is 2.97. The topological polar surface area (TPSA) is 28.4 Å². The molecule has 0 saturated carbocycles. The number of nitrogens with one attached hydrogen (secondary N) is 1. The highest BCUT2D eigenvalue weighted by molar-refractivity contribution is 5.51. The summed E-state index contributed by atoms with van der Waals surface area (Å²) in [5.41, 5.74) is 2.52. The van der Waals surface area contributed by atoms with E-state index in [-0.39, 0.29) is 0 Å². The fraction of sp³-hybridized carbons (Fsp3) is 0.375. The zero-order valence-corrected chi connectivity index (χ0v) is 11.7. The van der Waals surface area contributed by atoms with E-state index in [1.54, 1.807) is 6.26 Å². The van der Waals surface area contributed by atoms with Gasteiger partial charge in [0.25, 0.3) is 0 Å². The van der Waals surface area contributed by atoms with Crippen molar-refractivity contribution in [1.29, 1.82) is 0 Å².